The molecule has 0 aliphatic heterocycles. The zero-order valence-corrected chi connectivity index (χ0v) is 17.3. The Morgan fingerprint density at radius 3 is 2.19 bits per heavy atom. The summed E-state index contributed by atoms with van der Waals surface area (Å²) in [6.45, 7) is 13.8. The summed E-state index contributed by atoms with van der Waals surface area (Å²) in [5.74, 6) is -0.271. The predicted molar refractivity (Wildman–Crippen MR) is 113 cm³/mol. The Balaban J connectivity index is 1.87. The second kappa shape index (κ2) is 6.99. The van der Waals surface area contributed by atoms with Gasteiger partial charge in [0.05, 0.1) is 12.2 Å². The van der Waals surface area contributed by atoms with Crippen LogP contribution in [0.4, 0.5) is 0 Å². The Morgan fingerprint density at radius 1 is 1.00 bits per heavy atom. The summed E-state index contributed by atoms with van der Waals surface area (Å²) >= 11 is 0. The minimum Gasteiger partial charge on any atom is -0.462 e. The Hall–Kier alpha value is -2.35. The Bertz CT molecular complexity index is 883. The molecule has 2 aromatic carbocycles. The minimum absolute atomic E-state index is 0.205. The van der Waals surface area contributed by atoms with Gasteiger partial charge < -0.3 is 4.74 Å². The summed E-state index contributed by atoms with van der Waals surface area (Å²) in [5.41, 5.74) is 7.61. The predicted octanol–water partition coefficient (Wildman–Crippen LogP) is 6.30. The number of carbonyl (C=O) groups is 1. The molecule has 0 saturated carbocycles. The lowest BCUT2D eigenvalue weighted by Crippen LogP contribution is -2.17. The fraction of sp³-hybridized carbons (Fsp3) is 0.400. The highest BCUT2D eigenvalue weighted by Crippen LogP contribution is 2.50. The van der Waals surface area contributed by atoms with Crippen LogP contribution in [-0.4, -0.2) is 12.6 Å². The maximum absolute atomic E-state index is 11.8. The third kappa shape index (κ3) is 3.85. The SMILES string of the molecule is CCOC(=O)c1ccc(C=Cc2cc3c(cc2C)C(C)(C)CC3(C)C)cc1. The zero-order valence-electron chi connectivity index (χ0n) is 17.3. The number of fused-ring (bicyclic) bond motifs is 1. The van der Waals surface area contributed by atoms with Gasteiger partial charge in [0.2, 0.25) is 0 Å². The smallest absolute Gasteiger partial charge is 0.338 e. The molecular weight excluding hydrogens is 332 g/mol. The highest BCUT2D eigenvalue weighted by molar-refractivity contribution is 5.89. The van der Waals surface area contributed by atoms with Gasteiger partial charge in [-0.1, -0.05) is 64.1 Å². The van der Waals surface area contributed by atoms with Crippen LogP contribution in [0, 0.1) is 6.92 Å². The van der Waals surface area contributed by atoms with Gasteiger partial charge in [-0.05, 0) is 71.0 Å². The maximum Gasteiger partial charge on any atom is 0.338 e. The van der Waals surface area contributed by atoms with Gasteiger partial charge in [0.1, 0.15) is 0 Å². The molecule has 0 unspecified atom stereocenters. The van der Waals surface area contributed by atoms with Gasteiger partial charge >= 0.3 is 5.97 Å². The molecule has 0 heterocycles. The number of ether oxygens (including phenoxy) is 1. The average Bonchev–Trinajstić information content (AvgIpc) is 2.77. The first-order valence-electron chi connectivity index (χ1n) is 9.75. The lowest BCUT2D eigenvalue weighted by atomic mass is 9.82. The molecule has 1 aliphatic carbocycles. The Morgan fingerprint density at radius 2 is 1.59 bits per heavy atom. The number of benzene rings is 2. The maximum atomic E-state index is 11.8. The number of hydrogen-bond donors (Lipinski definition) is 0. The van der Waals surface area contributed by atoms with E-state index in [9.17, 15) is 4.79 Å². The molecule has 142 valence electrons. The molecule has 2 nitrogen and oxygen atoms in total. The van der Waals surface area contributed by atoms with E-state index in [4.69, 9.17) is 4.74 Å². The molecule has 27 heavy (non-hydrogen) atoms. The van der Waals surface area contributed by atoms with E-state index in [1.165, 1.54) is 28.7 Å². The van der Waals surface area contributed by atoms with Gasteiger partial charge in [0, 0.05) is 0 Å². The van der Waals surface area contributed by atoms with Crippen LogP contribution in [0.25, 0.3) is 12.2 Å². The number of hydrogen-bond acceptors (Lipinski definition) is 2. The van der Waals surface area contributed by atoms with Crippen LogP contribution in [0.15, 0.2) is 36.4 Å². The third-order valence-electron chi connectivity index (χ3n) is 5.63. The van der Waals surface area contributed by atoms with Gasteiger partial charge in [0.15, 0.2) is 0 Å². The van der Waals surface area contributed by atoms with Gasteiger partial charge in [-0.3, -0.25) is 0 Å². The van der Waals surface area contributed by atoms with Crippen LogP contribution in [0.1, 0.15) is 79.2 Å². The molecule has 2 heteroatoms. The molecule has 0 spiro atoms. The number of carbonyl (C=O) groups excluding carboxylic acids is 1. The molecule has 0 atom stereocenters. The second-order valence-electron chi connectivity index (χ2n) is 8.87. The standard InChI is InChI=1S/C25H30O2/c1-7-27-23(26)19-11-8-18(9-12-19)10-13-20-15-22-21(14-17(20)2)24(3,4)16-25(22,5)6/h8-15H,7,16H2,1-6H3. The minimum atomic E-state index is -0.271. The monoisotopic (exact) mass is 362 g/mol. The van der Waals surface area contributed by atoms with E-state index in [1.807, 2.05) is 31.2 Å². The van der Waals surface area contributed by atoms with E-state index < -0.39 is 0 Å². The first-order valence-corrected chi connectivity index (χ1v) is 9.75. The normalized spacial score (nSPS) is 17.1. The molecular formula is C25H30O2. The topological polar surface area (TPSA) is 26.3 Å². The van der Waals surface area contributed by atoms with Gasteiger partial charge in [-0.15, -0.1) is 0 Å². The molecule has 0 aromatic heterocycles. The molecule has 2 aromatic rings. The van der Waals surface area contributed by atoms with E-state index >= 15 is 0 Å². The fourth-order valence-electron chi connectivity index (χ4n) is 4.45. The number of aryl methyl sites for hydroxylation is 1. The van der Waals surface area contributed by atoms with Crippen molar-refractivity contribution in [3.8, 4) is 0 Å². The van der Waals surface area contributed by atoms with E-state index in [-0.39, 0.29) is 16.8 Å². The fourth-order valence-corrected chi connectivity index (χ4v) is 4.45. The molecule has 1 aliphatic rings. The van der Waals surface area contributed by atoms with Crippen molar-refractivity contribution in [1.82, 2.24) is 0 Å². The first kappa shape index (κ1) is 19.4. The van der Waals surface area contributed by atoms with Crippen molar-refractivity contribution in [1.29, 1.82) is 0 Å². The molecule has 3 rings (SSSR count). The molecule has 0 N–H and O–H groups in total. The molecule has 0 radical (unpaired) electrons. The van der Waals surface area contributed by atoms with Crippen molar-refractivity contribution in [2.24, 2.45) is 0 Å². The van der Waals surface area contributed by atoms with Crippen molar-refractivity contribution in [2.75, 3.05) is 6.61 Å². The average molecular weight is 363 g/mol. The van der Waals surface area contributed by atoms with Gasteiger partial charge in [-0.25, -0.2) is 4.79 Å². The van der Waals surface area contributed by atoms with E-state index in [1.54, 1.807) is 0 Å². The summed E-state index contributed by atoms with van der Waals surface area (Å²) in [7, 11) is 0. The second-order valence-corrected chi connectivity index (χ2v) is 8.87. The molecule has 0 fully saturated rings. The first-order chi connectivity index (χ1) is 12.6. The van der Waals surface area contributed by atoms with E-state index in [0.29, 0.717) is 12.2 Å². The Kier molecular flexibility index (Phi) is 5.03. The quantitative estimate of drug-likeness (QED) is 0.471. The van der Waals surface area contributed by atoms with Crippen LogP contribution in [-0.2, 0) is 15.6 Å². The Labute approximate surface area is 163 Å². The molecule has 0 amide bonds. The largest absolute Gasteiger partial charge is 0.462 e. The van der Waals surface area contributed by atoms with E-state index in [2.05, 4.69) is 58.9 Å². The van der Waals surface area contributed by atoms with Gasteiger partial charge in [-0.2, -0.15) is 0 Å². The highest BCUT2D eigenvalue weighted by atomic mass is 16.5. The third-order valence-corrected chi connectivity index (χ3v) is 5.63. The van der Waals surface area contributed by atoms with Crippen molar-refractivity contribution in [3.05, 3.63) is 69.8 Å². The summed E-state index contributed by atoms with van der Waals surface area (Å²) in [6.07, 6.45) is 5.46. The highest BCUT2D eigenvalue weighted by Gasteiger charge is 2.41. The van der Waals surface area contributed by atoms with Gasteiger partial charge in [0.25, 0.3) is 0 Å². The molecule has 0 bridgehead atoms. The summed E-state index contributed by atoms with van der Waals surface area (Å²) in [4.78, 5) is 11.8. The van der Waals surface area contributed by atoms with Crippen molar-refractivity contribution < 1.29 is 9.53 Å². The summed E-state index contributed by atoms with van der Waals surface area (Å²) in [5, 5.41) is 0. The lowest BCUT2D eigenvalue weighted by molar-refractivity contribution is 0.0526. The summed E-state index contributed by atoms with van der Waals surface area (Å²) in [6, 6.07) is 12.3. The molecule has 0 saturated heterocycles. The zero-order chi connectivity index (χ0) is 19.8. The number of rotatable bonds is 4. The van der Waals surface area contributed by atoms with Crippen LogP contribution < -0.4 is 0 Å². The van der Waals surface area contributed by atoms with Crippen molar-refractivity contribution in [2.45, 2.75) is 58.8 Å². The van der Waals surface area contributed by atoms with Crippen LogP contribution in [0.5, 0.6) is 0 Å². The van der Waals surface area contributed by atoms with Crippen LogP contribution in [0.3, 0.4) is 0 Å². The van der Waals surface area contributed by atoms with E-state index in [0.717, 1.165) is 5.56 Å². The number of esters is 1. The van der Waals surface area contributed by atoms with Crippen LogP contribution in [0.2, 0.25) is 0 Å². The van der Waals surface area contributed by atoms with Crippen LogP contribution >= 0.6 is 0 Å². The summed E-state index contributed by atoms with van der Waals surface area (Å²) < 4.78 is 5.03. The van der Waals surface area contributed by atoms with Crippen molar-refractivity contribution >= 4 is 18.1 Å². The lowest BCUT2D eigenvalue weighted by Gasteiger charge is -2.22. The van der Waals surface area contributed by atoms with Crippen molar-refractivity contribution in [3.63, 3.8) is 0 Å².